The zero-order chi connectivity index (χ0) is 35.2. The van der Waals surface area contributed by atoms with Gasteiger partial charge >= 0.3 is 11.9 Å². The standard InChI is InChI=1S/C37H50N2O7S2/c1-4-5-6-7-8-9-10-11-12-13-14-15-16-17-18-19-20-21-22-27-34(41)38-31(36(43)45-2)28-47-48-29-32(37(44)46-3)39-35(42)30-25-23-24-26-33(30)40/h5-6,8-9,11-12,14-15,17-18,20-21,23-26,31-32,40H,4,7,10,13,16,19,22,27-29H2,1-3H3,(H,38,41)(H,39,42)/t31-,32-/m0/s1. The number of carbonyl (C=O) groups is 4. The number of hydrogen-bond donors (Lipinski definition) is 3. The minimum atomic E-state index is -0.993. The summed E-state index contributed by atoms with van der Waals surface area (Å²) >= 11 is 0. The molecule has 262 valence electrons. The summed E-state index contributed by atoms with van der Waals surface area (Å²) in [5, 5.41) is 15.2. The molecule has 2 amide bonds. The maximum absolute atomic E-state index is 12.5. The molecule has 1 aromatic carbocycles. The van der Waals surface area contributed by atoms with Gasteiger partial charge in [0.1, 0.15) is 17.8 Å². The highest BCUT2D eigenvalue weighted by molar-refractivity contribution is 8.76. The summed E-state index contributed by atoms with van der Waals surface area (Å²) < 4.78 is 9.63. The van der Waals surface area contributed by atoms with Gasteiger partial charge in [0.05, 0.1) is 19.8 Å². The molecular weight excluding hydrogens is 649 g/mol. The molecule has 0 fully saturated rings. The van der Waals surface area contributed by atoms with Crippen molar-refractivity contribution >= 4 is 45.3 Å². The molecule has 48 heavy (non-hydrogen) atoms. The number of para-hydroxylation sites is 1. The third-order valence-electron chi connectivity index (χ3n) is 6.45. The van der Waals surface area contributed by atoms with Crippen LogP contribution in [0.4, 0.5) is 0 Å². The highest BCUT2D eigenvalue weighted by Crippen LogP contribution is 2.24. The van der Waals surface area contributed by atoms with Crippen LogP contribution in [0.3, 0.4) is 0 Å². The topological polar surface area (TPSA) is 131 Å². The number of nitrogens with one attached hydrogen (secondary N) is 2. The fraction of sp³-hybridized carbons (Fsp3) is 0.405. The third kappa shape index (κ3) is 20.3. The molecule has 0 aliphatic heterocycles. The van der Waals surface area contributed by atoms with E-state index in [0.717, 1.165) is 38.5 Å². The minimum Gasteiger partial charge on any atom is -0.507 e. The first-order valence-electron chi connectivity index (χ1n) is 16.0. The van der Waals surface area contributed by atoms with E-state index < -0.39 is 29.9 Å². The summed E-state index contributed by atoms with van der Waals surface area (Å²) in [5.41, 5.74) is 0.0292. The first-order chi connectivity index (χ1) is 23.3. The number of rotatable bonds is 24. The molecule has 0 unspecified atom stereocenters. The Kier molecular flexibility index (Phi) is 24.6. The van der Waals surface area contributed by atoms with E-state index in [1.165, 1.54) is 47.9 Å². The van der Waals surface area contributed by atoms with Gasteiger partial charge in [0, 0.05) is 17.9 Å². The minimum absolute atomic E-state index is 0.0292. The lowest BCUT2D eigenvalue weighted by molar-refractivity contribution is -0.144. The van der Waals surface area contributed by atoms with E-state index in [2.05, 4.69) is 78.3 Å². The number of methoxy groups -OCH3 is 2. The lowest BCUT2D eigenvalue weighted by atomic mass is 10.2. The molecule has 0 aliphatic rings. The Bertz CT molecular complexity index is 1290. The maximum Gasteiger partial charge on any atom is 0.329 e. The fourth-order valence-corrected chi connectivity index (χ4v) is 6.17. The Morgan fingerprint density at radius 1 is 0.688 bits per heavy atom. The van der Waals surface area contributed by atoms with Gasteiger partial charge < -0.3 is 25.2 Å². The van der Waals surface area contributed by atoms with Gasteiger partial charge in [0.2, 0.25) is 5.91 Å². The quantitative estimate of drug-likeness (QED) is 0.0445. The van der Waals surface area contributed by atoms with Gasteiger partial charge in [0.25, 0.3) is 5.91 Å². The van der Waals surface area contributed by atoms with E-state index in [-0.39, 0.29) is 35.1 Å². The van der Waals surface area contributed by atoms with Crippen molar-refractivity contribution in [2.45, 2.75) is 70.4 Å². The summed E-state index contributed by atoms with van der Waals surface area (Å²) in [5.74, 6) is -2.04. The summed E-state index contributed by atoms with van der Waals surface area (Å²) in [6.07, 6.45) is 31.8. The fourth-order valence-electron chi connectivity index (χ4n) is 3.88. The van der Waals surface area contributed by atoms with E-state index >= 15 is 0 Å². The molecule has 11 heteroatoms. The molecule has 0 saturated carbocycles. The molecule has 0 bridgehead atoms. The van der Waals surface area contributed by atoms with E-state index in [4.69, 9.17) is 9.47 Å². The number of esters is 2. The van der Waals surface area contributed by atoms with Gasteiger partial charge in [-0.2, -0.15) is 0 Å². The Hall–Kier alpha value is -3.96. The maximum atomic E-state index is 12.5. The Labute approximate surface area is 293 Å². The summed E-state index contributed by atoms with van der Waals surface area (Å²) in [7, 11) is 4.92. The van der Waals surface area contributed by atoms with Crippen LogP contribution in [0.5, 0.6) is 5.75 Å². The van der Waals surface area contributed by atoms with Gasteiger partial charge in [-0.25, -0.2) is 9.59 Å². The number of amides is 2. The zero-order valence-electron chi connectivity index (χ0n) is 28.2. The highest BCUT2D eigenvalue weighted by atomic mass is 33.1. The predicted octanol–water partition coefficient (Wildman–Crippen LogP) is 7.18. The lowest BCUT2D eigenvalue weighted by Gasteiger charge is -2.18. The second-order valence-electron chi connectivity index (χ2n) is 10.2. The molecule has 0 radical (unpaired) electrons. The smallest absolute Gasteiger partial charge is 0.329 e. The molecule has 1 rings (SSSR count). The Balaban J connectivity index is 2.33. The number of aromatic hydroxyl groups is 1. The van der Waals surface area contributed by atoms with Gasteiger partial charge in [-0.3, -0.25) is 9.59 Å². The highest BCUT2D eigenvalue weighted by Gasteiger charge is 2.25. The van der Waals surface area contributed by atoms with Crippen LogP contribution in [-0.2, 0) is 23.9 Å². The summed E-state index contributed by atoms with van der Waals surface area (Å²) in [6.45, 7) is 2.13. The van der Waals surface area contributed by atoms with Crippen LogP contribution < -0.4 is 10.6 Å². The largest absolute Gasteiger partial charge is 0.507 e. The second kappa shape index (κ2) is 28.1. The van der Waals surface area contributed by atoms with E-state index in [1.54, 1.807) is 12.1 Å². The number of benzene rings is 1. The van der Waals surface area contributed by atoms with Crippen LogP contribution in [0.25, 0.3) is 0 Å². The van der Waals surface area contributed by atoms with Crippen molar-refractivity contribution in [3.05, 3.63) is 103 Å². The van der Waals surface area contributed by atoms with Gasteiger partial charge in [-0.15, -0.1) is 0 Å². The average molecular weight is 699 g/mol. The van der Waals surface area contributed by atoms with Crippen molar-refractivity contribution in [2.75, 3.05) is 25.7 Å². The molecule has 9 nitrogen and oxygen atoms in total. The third-order valence-corrected chi connectivity index (χ3v) is 8.87. The van der Waals surface area contributed by atoms with E-state index in [0.29, 0.717) is 6.42 Å². The van der Waals surface area contributed by atoms with Crippen LogP contribution in [0.15, 0.2) is 97.2 Å². The first-order valence-corrected chi connectivity index (χ1v) is 18.5. The first kappa shape index (κ1) is 42.1. The molecule has 1 aromatic rings. The second-order valence-corrected chi connectivity index (χ2v) is 12.8. The predicted molar refractivity (Wildman–Crippen MR) is 198 cm³/mol. The van der Waals surface area contributed by atoms with Gasteiger partial charge in [-0.05, 0) is 57.1 Å². The monoisotopic (exact) mass is 698 g/mol. The zero-order valence-corrected chi connectivity index (χ0v) is 29.8. The molecule has 0 spiro atoms. The Morgan fingerprint density at radius 3 is 1.58 bits per heavy atom. The normalized spacial score (nSPS) is 13.2. The van der Waals surface area contributed by atoms with Crippen LogP contribution in [-0.4, -0.2) is 66.7 Å². The van der Waals surface area contributed by atoms with Crippen LogP contribution in [0.1, 0.15) is 68.6 Å². The SMILES string of the molecule is CCC=CCC=CCC=CCC=CCC=CCC=CCCC(=O)N[C@@H](CSSC[C@H](NC(=O)c1ccccc1O)C(=O)OC)C(=O)OC. The van der Waals surface area contributed by atoms with Crippen LogP contribution >= 0.6 is 21.6 Å². The molecule has 0 aromatic heterocycles. The number of hydrogen-bond acceptors (Lipinski definition) is 9. The Morgan fingerprint density at radius 2 is 1.12 bits per heavy atom. The van der Waals surface area contributed by atoms with E-state index in [1.807, 2.05) is 12.2 Å². The van der Waals surface area contributed by atoms with Gasteiger partial charge in [-0.1, -0.05) is 114 Å². The van der Waals surface area contributed by atoms with Crippen molar-refractivity contribution in [3.63, 3.8) is 0 Å². The molecule has 2 atom stereocenters. The van der Waals surface area contributed by atoms with Crippen molar-refractivity contribution in [2.24, 2.45) is 0 Å². The molecule has 3 N–H and O–H groups in total. The molecule has 0 aliphatic carbocycles. The summed E-state index contributed by atoms with van der Waals surface area (Å²) in [4.78, 5) is 49.5. The lowest BCUT2D eigenvalue weighted by Crippen LogP contribution is -2.44. The van der Waals surface area contributed by atoms with Crippen molar-refractivity contribution in [3.8, 4) is 5.75 Å². The van der Waals surface area contributed by atoms with E-state index in [9.17, 15) is 24.3 Å². The molecule has 0 saturated heterocycles. The van der Waals surface area contributed by atoms with Crippen LogP contribution in [0.2, 0.25) is 0 Å². The number of phenols is 1. The number of allylic oxidation sites excluding steroid dienone is 12. The molecular formula is C37H50N2O7S2. The number of ether oxygens (including phenoxy) is 2. The number of carbonyl (C=O) groups excluding carboxylic acids is 4. The molecule has 0 heterocycles. The summed E-state index contributed by atoms with van der Waals surface area (Å²) in [6, 6.07) is 4.12. The van der Waals surface area contributed by atoms with Crippen molar-refractivity contribution < 1.29 is 33.8 Å². The van der Waals surface area contributed by atoms with Crippen molar-refractivity contribution in [1.82, 2.24) is 10.6 Å². The average Bonchev–Trinajstić information content (AvgIpc) is 3.09. The number of phenolic OH excluding ortho intramolecular Hbond substituents is 1. The van der Waals surface area contributed by atoms with Crippen molar-refractivity contribution in [1.29, 1.82) is 0 Å². The van der Waals surface area contributed by atoms with Crippen LogP contribution in [0, 0.1) is 0 Å². The van der Waals surface area contributed by atoms with Gasteiger partial charge in [0.15, 0.2) is 0 Å².